The van der Waals surface area contributed by atoms with E-state index in [1.807, 2.05) is 23.1 Å². The van der Waals surface area contributed by atoms with Crippen molar-refractivity contribution >= 4 is 44.8 Å². The number of hydrogen-bond acceptors (Lipinski definition) is 6. The SMILES string of the molecule is O=C1COc2cc(S(=O)(=O)N3CCC(C(=O)N4CCN(c5ccccc5)CC4)CC3)c(Cl)cc2N1. The van der Waals surface area contributed by atoms with Crippen LogP contribution in [-0.2, 0) is 19.6 Å². The van der Waals surface area contributed by atoms with E-state index in [0.29, 0.717) is 31.6 Å². The molecular formula is C24H27ClN4O5S. The highest BCUT2D eigenvalue weighted by atomic mass is 35.5. The first-order valence-electron chi connectivity index (χ1n) is 11.7. The van der Waals surface area contributed by atoms with Crippen molar-refractivity contribution in [3.8, 4) is 5.75 Å². The number of rotatable bonds is 4. The van der Waals surface area contributed by atoms with Gasteiger partial charge in [0.1, 0.15) is 10.6 Å². The maximum absolute atomic E-state index is 13.3. The molecule has 0 unspecified atom stereocenters. The first-order valence-corrected chi connectivity index (χ1v) is 13.5. The highest BCUT2D eigenvalue weighted by molar-refractivity contribution is 7.89. The van der Waals surface area contributed by atoms with Crippen LogP contribution in [0.15, 0.2) is 47.4 Å². The van der Waals surface area contributed by atoms with Gasteiger partial charge >= 0.3 is 0 Å². The third-order valence-electron chi connectivity index (χ3n) is 6.80. The molecule has 186 valence electrons. The second-order valence-electron chi connectivity index (χ2n) is 8.94. The molecule has 0 spiro atoms. The van der Waals surface area contributed by atoms with Crippen molar-refractivity contribution in [2.45, 2.75) is 17.7 Å². The summed E-state index contributed by atoms with van der Waals surface area (Å²) in [4.78, 5) is 28.8. The molecule has 0 radical (unpaired) electrons. The van der Waals surface area contributed by atoms with Crippen LogP contribution >= 0.6 is 11.6 Å². The van der Waals surface area contributed by atoms with Gasteiger partial charge < -0.3 is 19.9 Å². The number of anilines is 2. The highest BCUT2D eigenvalue weighted by Gasteiger charge is 2.36. The Morgan fingerprint density at radius 1 is 1.00 bits per heavy atom. The number of carbonyl (C=O) groups is 2. The summed E-state index contributed by atoms with van der Waals surface area (Å²) in [6.45, 7) is 3.19. The average Bonchev–Trinajstić information content (AvgIpc) is 2.88. The van der Waals surface area contributed by atoms with Crippen molar-refractivity contribution in [2.24, 2.45) is 5.92 Å². The number of benzene rings is 2. The molecule has 0 bridgehead atoms. The number of nitrogens with zero attached hydrogens (tertiary/aromatic N) is 3. The zero-order valence-corrected chi connectivity index (χ0v) is 20.7. The second kappa shape index (κ2) is 9.67. The molecule has 11 heteroatoms. The van der Waals surface area contributed by atoms with Crippen LogP contribution < -0.4 is 15.0 Å². The number of amides is 2. The molecule has 0 saturated carbocycles. The summed E-state index contributed by atoms with van der Waals surface area (Å²) in [5.41, 5.74) is 1.51. The number of ether oxygens (including phenoxy) is 1. The molecule has 0 aromatic heterocycles. The van der Waals surface area contributed by atoms with Gasteiger partial charge in [-0.25, -0.2) is 8.42 Å². The van der Waals surface area contributed by atoms with Crippen molar-refractivity contribution < 1.29 is 22.7 Å². The highest BCUT2D eigenvalue weighted by Crippen LogP contribution is 2.37. The first-order chi connectivity index (χ1) is 16.8. The molecule has 3 heterocycles. The van der Waals surface area contributed by atoms with Crippen LogP contribution in [0.3, 0.4) is 0 Å². The number of para-hydroxylation sites is 1. The average molecular weight is 519 g/mol. The Kier molecular flexibility index (Phi) is 6.61. The maximum Gasteiger partial charge on any atom is 0.262 e. The molecule has 2 aromatic rings. The maximum atomic E-state index is 13.3. The summed E-state index contributed by atoms with van der Waals surface area (Å²) >= 11 is 6.27. The lowest BCUT2D eigenvalue weighted by Crippen LogP contribution is -2.52. The number of halogens is 1. The minimum atomic E-state index is -3.87. The Morgan fingerprint density at radius 2 is 1.69 bits per heavy atom. The minimum absolute atomic E-state index is 0.0176. The Bertz CT molecular complexity index is 1220. The molecule has 35 heavy (non-hydrogen) atoms. The summed E-state index contributed by atoms with van der Waals surface area (Å²) < 4.78 is 33.3. The van der Waals surface area contributed by atoms with E-state index in [2.05, 4.69) is 22.3 Å². The topological polar surface area (TPSA) is 99.3 Å². The molecule has 2 fully saturated rings. The van der Waals surface area contributed by atoms with Gasteiger partial charge in [0, 0.05) is 56.9 Å². The smallest absolute Gasteiger partial charge is 0.262 e. The second-order valence-corrected chi connectivity index (χ2v) is 11.3. The number of nitrogens with one attached hydrogen (secondary N) is 1. The minimum Gasteiger partial charge on any atom is -0.482 e. The van der Waals surface area contributed by atoms with E-state index >= 15 is 0 Å². The number of piperazine rings is 1. The van der Waals surface area contributed by atoms with Crippen molar-refractivity contribution in [2.75, 3.05) is 56.1 Å². The van der Waals surface area contributed by atoms with Crippen LogP contribution in [0.25, 0.3) is 0 Å². The summed E-state index contributed by atoms with van der Waals surface area (Å²) in [6, 6.07) is 12.9. The van der Waals surface area contributed by atoms with Gasteiger partial charge in [-0.3, -0.25) is 9.59 Å². The summed E-state index contributed by atoms with van der Waals surface area (Å²) in [5.74, 6) is -0.141. The van der Waals surface area contributed by atoms with Gasteiger partial charge in [-0.1, -0.05) is 29.8 Å². The van der Waals surface area contributed by atoms with E-state index in [9.17, 15) is 18.0 Å². The van der Waals surface area contributed by atoms with E-state index in [4.69, 9.17) is 16.3 Å². The quantitative estimate of drug-likeness (QED) is 0.667. The first kappa shape index (κ1) is 23.9. The zero-order valence-electron chi connectivity index (χ0n) is 19.2. The van der Waals surface area contributed by atoms with Gasteiger partial charge in [-0.15, -0.1) is 0 Å². The molecule has 2 aromatic carbocycles. The van der Waals surface area contributed by atoms with Crippen LogP contribution in [0.2, 0.25) is 5.02 Å². The molecule has 2 saturated heterocycles. The van der Waals surface area contributed by atoms with Crippen molar-refractivity contribution in [3.63, 3.8) is 0 Å². The van der Waals surface area contributed by atoms with Crippen LogP contribution in [0.4, 0.5) is 11.4 Å². The Hall–Kier alpha value is -2.82. The standard InChI is InChI=1S/C24H27ClN4O5S/c25-19-14-20-21(34-16-23(30)26-20)15-22(19)35(32,33)29-8-6-17(7-9-29)24(31)28-12-10-27(11-13-28)18-4-2-1-3-5-18/h1-5,14-15,17H,6-13,16H2,(H,26,30). The van der Waals surface area contributed by atoms with Crippen LogP contribution in [0.5, 0.6) is 5.75 Å². The lowest BCUT2D eigenvalue weighted by molar-refractivity contribution is -0.137. The van der Waals surface area contributed by atoms with Gasteiger partial charge in [0.05, 0.1) is 10.7 Å². The van der Waals surface area contributed by atoms with Gasteiger partial charge in [0.2, 0.25) is 15.9 Å². The number of carbonyl (C=O) groups excluding carboxylic acids is 2. The fourth-order valence-corrected chi connectivity index (χ4v) is 6.83. The Balaban J connectivity index is 1.20. The molecule has 0 aliphatic carbocycles. The molecule has 9 nitrogen and oxygen atoms in total. The lowest BCUT2D eigenvalue weighted by Gasteiger charge is -2.39. The molecule has 5 rings (SSSR count). The van der Waals surface area contributed by atoms with Crippen molar-refractivity contribution in [1.82, 2.24) is 9.21 Å². The molecule has 3 aliphatic heterocycles. The van der Waals surface area contributed by atoms with Gasteiger partial charge in [0.15, 0.2) is 6.61 Å². The van der Waals surface area contributed by atoms with E-state index in [1.165, 1.54) is 16.4 Å². The van der Waals surface area contributed by atoms with E-state index in [0.717, 1.165) is 18.8 Å². The van der Waals surface area contributed by atoms with E-state index in [1.54, 1.807) is 0 Å². The van der Waals surface area contributed by atoms with Crippen molar-refractivity contribution in [3.05, 3.63) is 47.5 Å². The van der Waals surface area contributed by atoms with E-state index in [-0.39, 0.29) is 53.1 Å². The Morgan fingerprint density at radius 3 is 2.37 bits per heavy atom. The lowest BCUT2D eigenvalue weighted by atomic mass is 9.96. The summed E-state index contributed by atoms with van der Waals surface area (Å²) in [5, 5.41) is 2.64. The van der Waals surface area contributed by atoms with Gasteiger partial charge in [-0.05, 0) is 31.0 Å². The fraction of sp³-hybridized carbons (Fsp3) is 0.417. The molecular weight excluding hydrogens is 492 g/mol. The van der Waals surface area contributed by atoms with Crippen LogP contribution in [0, 0.1) is 5.92 Å². The van der Waals surface area contributed by atoms with Crippen molar-refractivity contribution in [1.29, 1.82) is 0 Å². The summed E-state index contributed by atoms with van der Waals surface area (Å²) in [6.07, 6.45) is 0.929. The third kappa shape index (κ3) is 4.82. The monoisotopic (exact) mass is 518 g/mol. The molecule has 2 amide bonds. The normalized spacial score (nSPS) is 19.6. The predicted molar refractivity (Wildman–Crippen MR) is 132 cm³/mol. The van der Waals surface area contributed by atoms with Gasteiger partial charge in [-0.2, -0.15) is 4.31 Å². The number of hydrogen-bond donors (Lipinski definition) is 1. The molecule has 1 N–H and O–H groups in total. The van der Waals surface area contributed by atoms with Gasteiger partial charge in [0.25, 0.3) is 5.91 Å². The molecule has 3 aliphatic rings. The fourth-order valence-electron chi connectivity index (χ4n) is 4.84. The number of piperidine rings is 1. The number of sulfonamides is 1. The Labute approximate surface area is 209 Å². The third-order valence-corrected chi connectivity index (χ3v) is 9.16. The molecule has 0 atom stereocenters. The largest absolute Gasteiger partial charge is 0.482 e. The summed E-state index contributed by atoms with van der Waals surface area (Å²) in [7, 11) is -3.87. The number of fused-ring (bicyclic) bond motifs is 1. The zero-order chi connectivity index (χ0) is 24.6. The van der Waals surface area contributed by atoms with Crippen LogP contribution in [-0.4, -0.2) is 75.3 Å². The predicted octanol–water partition coefficient (Wildman–Crippen LogP) is 2.42. The van der Waals surface area contributed by atoms with E-state index < -0.39 is 10.0 Å². The van der Waals surface area contributed by atoms with Crippen LogP contribution in [0.1, 0.15) is 12.8 Å².